The Labute approximate surface area is 184 Å². The highest BCUT2D eigenvalue weighted by Crippen LogP contribution is 2.37. The summed E-state index contributed by atoms with van der Waals surface area (Å²) in [5.41, 5.74) is 9.04. The Bertz CT molecular complexity index is 900. The Kier molecular flexibility index (Phi) is 6.66. The first-order chi connectivity index (χ1) is 15.0. The molecule has 0 radical (unpaired) electrons. The van der Waals surface area contributed by atoms with Crippen molar-refractivity contribution in [2.75, 3.05) is 38.6 Å². The van der Waals surface area contributed by atoms with Crippen LogP contribution in [0, 0.1) is 11.8 Å². The van der Waals surface area contributed by atoms with Crippen LogP contribution in [0.1, 0.15) is 31.4 Å². The van der Waals surface area contributed by atoms with E-state index in [9.17, 15) is 4.79 Å². The van der Waals surface area contributed by atoms with E-state index in [4.69, 9.17) is 15.2 Å². The standard InChI is InChI=1S/C25H33N3O3/c1-18(2)14-28(16-20-12-22(26)24-23(13-20)30-10-11-31-24)25(29)21-8-9-27(17-21)15-19-6-4-3-5-7-19/h3-7,12-13,18,21H,8-11,14-17,26H2,1-2H3. The average molecular weight is 424 g/mol. The molecule has 2 N–H and O–H groups in total. The van der Waals surface area contributed by atoms with Crippen LogP contribution in [0.2, 0.25) is 0 Å². The molecule has 0 bridgehead atoms. The smallest absolute Gasteiger partial charge is 0.227 e. The molecule has 2 aliphatic heterocycles. The number of hydrogen-bond donors (Lipinski definition) is 1. The first-order valence-electron chi connectivity index (χ1n) is 11.2. The number of nitrogens with two attached hydrogens (primary N) is 1. The van der Waals surface area contributed by atoms with Crippen molar-refractivity contribution in [1.29, 1.82) is 0 Å². The SMILES string of the molecule is CC(C)CN(Cc1cc(N)c2c(c1)OCCO2)C(=O)C1CCN(Cc2ccccc2)C1. The number of nitrogens with zero attached hydrogens (tertiary/aromatic N) is 2. The van der Waals surface area contributed by atoms with Gasteiger partial charge in [0.2, 0.25) is 5.91 Å². The van der Waals surface area contributed by atoms with Gasteiger partial charge in [-0.3, -0.25) is 9.69 Å². The number of fused-ring (bicyclic) bond motifs is 1. The number of ether oxygens (including phenoxy) is 2. The molecule has 1 atom stereocenters. The number of amides is 1. The van der Waals surface area contributed by atoms with Crippen LogP contribution in [0.15, 0.2) is 42.5 Å². The van der Waals surface area contributed by atoms with Gasteiger partial charge in [-0.25, -0.2) is 0 Å². The van der Waals surface area contributed by atoms with Crippen LogP contribution < -0.4 is 15.2 Å². The molecule has 1 fully saturated rings. The van der Waals surface area contributed by atoms with Gasteiger partial charge in [-0.05, 0) is 42.1 Å². The van der Waals surface area contributed by atoms with Crippen LogP contribution >= 0.6 is 0 Å². The lowest BCUT2D eigenvalue weighted by Crippen LogP contribution is -2.39. The summed E-state index contributed by atoms with van der Waals surface area (Å²) in [5, 5.41) is 0. The Hall–Kier alpha value is -2.73. The zero-order chi connectivity index (χ0) is 21.8. The molecule has 1 unspecified atom stereocenters. The molecule has 2 aromatic carbocycles. The van der Waals surface area contributed by atoms with Gasteiger partial charge in [-0.15, -0.1) is 0 Å². The van der Waals surface area contributed by atoms with Crippen molar-refractivity contribution in [2.45, 2.75) is 33.4 Å². The van der Waals surface area contributed by atoms with Crippen molar-refractivity contribution in [3.8, 4) is 11.5 Å². The summed E-state index contributed by atoms with van der Waals surface area (Å²) in [5.74, 6) is 1.95. The maximum absolute atomic E-state index is 13.5. The van der Waals surface area contributed by atoms with E-state index < -0.39 is 0 Å². The maximum atomic E-state index is 13.5. The first kappa shape index (κ1) is 21.5. The molecule has 2 aromatic rings. The van der Waals surface area contributed by atoms with Gasteiger partial charge in [0.1, 0.15) is 13.2 Å². The highest BCUT2D eigenvalue weighted by molar-refractivity contribution is 5.79. The van der Waals surface area contributed by atoms with E-state index >= 15 is 0 Å². The molecule has 2 aliphatic rings. The van der Waals surface area contributed by atoms with E-state index in [1.165, 1.54) is 5.56 Å². The molecule has 1 amide bonds. The third kappa shape index (κ3) is 5.31. The van der Waals surface area contributed by atoms with Gasteiger partial charge in [0.15, 0.2) is 11.5 Å². The van der Waals surface area contributed by atoms with Gasteiger partial charge >= 0.3 is 0 Å². The molecule has 166 valence electrons. The predicted octanol–water partition coefficient (Wildman–Crippen LogP) is 3.55. The highest BCUT2D eigenvalue weighted by Gasteiger charge is 2.32. The van der Waals surface area contributed by atoms with Crippen LogP contribution in [-0.4, -0.2) is 48.6 Å². The molecule has 6 heteroatoms. The van der Waals surface area contributed by atoms with E-state index in [2.05, 4.69) is 43.0 Å². The zero-order valence-electron chi connectivity index (χ0n) is 18.5. The Balaban J connectivity index is 1.44. The summed E-state index contributed by atoms with van der Waals surface area (Å²) in [6.07, 6.45) is 0.906. The van der Waals surface area contributed by atoms with Crippen molar-refractivity contribution in [1.82, 2.24) is 9.80 Å². The molecule has 0 spiro atoms. The van der Waals surface area contributed by atoms with Crippen molar-refractivity contribution < 1.29 is 14.3 Å². The first-order valence-corrected chi connectivity index (χ1v) is 11.2. The monoisotopic (exact) mass is 423 g/mol. The van der Waals surface area contributed by atoms with E-state index in [-0.39, 0.29) is 11.8 Å². The lowest BCUT2D eigenvalue weighted by molar-refractivity contribution is -0.136. The van der Waals surface area contributed by atoms with E-state index in [1.807, 2.05) is 23.1 Å². The molecular formula is C25H33N3O3. The molecule has 2 heterocycles. The summed E-state index contributed by atoms with van der Waals surface area (Å²) in [6.45, 7) is 9.25. The van der Waals surface area contributed by atoms with Crippen LogP contribution in [0.25, 0.3) is 0 Å². The summed E-state index contributed by atoms with van der Waals surface area (Å²) in [7, 11) is 0. The van der Waals surface area contributed by atoms with Gasteiger partial charge in [-0.2, -0.15) is 0 Å². The number of carbonyl (C=O) groups excluding carboxylic acids is 1. The molecule has 0 aromatic heterocycles. The fourth-order valence-corrected chi connectivity index (χ4v) is 4.50. The second-order valence-electron chi connectivity index (χ2n) is 9.03. The van der Waals surface area contributed by atoms with E-state index in [0.717, 1.165) is 38.2 Å². The van der Waals surface area contributed by atoms with Gasteiger partial charge in [-0.1, -0.05) is 44.2 Å². The zero-order valence-corrected chi connectivity index (χ0v) is 18.5. The fraction of sp³-hybridized carbons (Fsp3) is 0.480. The average Bonchev–Trinajstić information content (AvgIpc) is 3.21. The summed E-state index contributed by atoms with van der Waals surface area (Å²) >= 11 is 0. The number of likely N-dealkylation sites (tertiary alicyclic amines) is 1. The minimum absolute atomic E-state index is 0.0389. The Morgan fingerprint density at radius 1 is 1.16 bits per heavy atom. The minimum Gasteiger partial charge on any atom is -0.486 e. The molecule has 0 aliphatic carbocycles. The van der Waals surface area contributed by atoms with E-state index in [1.54, 1.807) is 0 Å². The topological polar surface area (TPSA) is 68.0 Å². The van der Waals surface area contributed by atoms with Crippen molar-refractivity contribution in [2.24, 2.45) is 11.8 Å². The van der Waals surface area contributed by atoms with Crippen LogP contribution in [0.5, 0.6) is 11.5 Å². The third-order valence-corrected chi connectivity index (χ3v) is 5.87. The minimum atomic E-state index is 0.0389. The molecule has 0 saturated carbocycles. The van der Waals surface area contributed by atoms with Crippen LogP contribution in [0.3, 0.4) is 0 Å². The maximum Gasteiger partial charge on any atom is 0.227 e. The lowest BCUT2D eigenvalue weighted by Gasteiger charge is -2.28. The Morgan fingerprint density at radius 3 is 2.71 bits per heavy atom. The number of anilines is 1. The van der Waals surface area contributed by atoms with E-state index in [0.29, 0.717) is 42.9 Å². The van der Waals surface area contributed by atoms with Crippen LogP contribution in [0.4, 0.5) is 5.69 Å². The number of carbonyl (C=O) groups is 1. The second-order valence-corrected chi connectivity index (χ2v) is 9.03. The predicted molar refractivity (Wildman–Crippen MR) is 122 cm³/mol. The highest BCUT2D eigenvalue weighted by atomic mass is 16.6. The summed E-state index contributed by atoms with van der Waals surface area (Å²) in [6, 6.07) is 14.3. The number of nitrogen functional groups attached to an aromatic ring is 1. The lowest BCUT2D eigenvalue weighted by atomic mass is 10.0. The van der Waals surface area contributed by atoms with Crippen molar-refractivity contribution in [3.05, 3.63) is 53.6 Å². The summed E-state index contributed by atoms with van der Waals surface area (Å²) in [4.78, 5) is 17.8. The summed E-state index contributed by atoms with van der Waals surface area (Å²) < 4.78 is 11.4. The number of rotatable bonds is 7. The Morgan fingerprint density at radius 2 is 1.94 bits per heavy atom. The van der Waals surface area contributed by atoms with Gasteiger partial charge in [0.05, 0.1) is 11.6 Å². The van der Waals surface area contributed by atoms with Gasteiger partial charge in [0, 0.05) is 26.2 Å². The molecule has 6 nitrogen and oxygen atoms in total. The van der Waals surface area contributed by atoms with Gasteiger partial charge < -0.3 is 20.1 Å². The largest absolute Gasteiger partial charge is 0.486 e. The quantitative estimate of drug-likeness (QED) is 0.690. The number of hydrogen-bond acceptors (Lipinski definition) is 5. The van der Waals surface area contributed by atoms with Crippen molar-refractivity contribution in [3.63, 3.8) is 0 Å². The normalized spacial score (nSPS) is 18.4. The van der Waals surface area contributed by atoms with Crippen LogP contribution in [-0.2, 0) is 17.9 Å². The molecule has 1 saturated heterocycles. The molecule has 31 heavy (non-hydrogen) atoms. The third-order valence-electron chi connectivity index (χ3n) is 5.87. The molecular weight excluding hydrogens is 390 g/mol. The second kappa shape index (κ2) is 9.60. The fourth-order valence-electron chi connectivity index (χ4n) is 4.50. The molecule has 4 rings (SSSR count). The van der Waals surface area contributed by atoms with Gasteiger partial charge in [0.25, 0.3) is 0 Å². The number of benzene rings is 2. The van der Waals surface area contributed by atoms with Crippen molar-refractivity contribution >= 4 is 11.6 Å².